The molecule has 0 unspecified atom stereocenters. The Hall–Kier alpha value is -1.67. The summed E-state index contributed by atoms with van der Waals surface area (Å²) in [4.78, 5) is 24.7. The predicted molar refractivity (Wildman–Crippen MR) is 142 cm³/mol. The van der Waals surface area contributed by atoms with Crippen LogP contribution in [0.3, 0.4) is 0 Å². The molecule has 12 heteroatoms. The van der Waals surface area contributed by atoms with Crippen LogP contribution in [0.15, 0.2) is 12.2 Å². The average molecular weight is 510 g/mol. The number of thiocarbonyl (C=S) groups is 1. The van der Waals surface area contributed by atoms with E-state index in [0.717, 1.165) is 78.5 Å². The quantitative estimate of drug-likeness (QED) is 0.110. The molecule has 11 nitrogen and oxygen atoms in total. The molecule has 4 aliphatic heterocycles. The van der Waals surface area contributed by atoms with Gasteiger partial charge in [-0.1, -0.05) is 6.92 Å². The summed E-state index contributed by atoms with van der Waals surface area (Å²) in [7, 11) is 0. The molecule has 8 N–H and O–H groups in total. The van der Waals surface area contributed by atoms with Gasteiger partial charge in [0.2, 0.25) is 0 Å². The summed E-state index contributed by atoms with van der Waals surface area (Å²) < 4.78 is 0. The second-order valence-electron chi connectivity index (χ2n) is 10.0. The van der Waals surface area contributed by atoms with Crippen molar-refractivity contribution in [3.8, 4) is 0 Å². The molecule has 2 amide bonds. The van der Waals surface area contributed by atoms with Crippen molar-refractivity contribution >= 4 is 29.1 Å². The molecular formula is C23H43N9O2S. The lowest BCUT2D eigenvalue weighted by atomic mass is 9.90. The Morgan fingerprint density at radius 1 is 0.829 bits per heavy atom. The number of nitrogens with one attached hydrogen (secondary N) is 8. The van der Waals surface area contributed by atoms with Crippen LogP contribution in [0, 0.1) is 5.41 Å². The summed E-state index contributed by atoms with van der Waals surface area (Å²) in [5.74, 6) is -0.499. The lowest BCUT2D eigenvalue weighted by Gasteiger charge is -2.38. The fourth-order valence-corrected chi connectivity index (χ4v) is 4.89. The molecule has 0 radical (unpaired) electrons. The van der Waals surface area contributed by atoms with Crippen LogP contribution in [0.4, 0.5) is 0 Å². The van der Waals surface area contributed by atoms with E-state index >= 15 is 0 Å². The number of hydrogen-bond acceptors (Lipinski definition) is 9. The third-order valence-corrected chi connectivity index (χ3v) is 6.85. The van der Waals surface area contributed by atoms with Crippen LogP contribution in [0.25, 0.3) is 0 Å². The third-order valence-electron chi connectivity index (χ3n) is 6.60. The minimum atomic E-state index is -0.322. The summed E-state index contributed by atoms with van der Waals surface area (Å²) >= 11 is 5.65. The molecule has 0 aromatic rings. The summed E-state index contributed by atoms with van der Waals surface area (Å²) in [6.07, 6.45) is 3.26. The van der Waals surface area contributed by atoms with E-state index < -0.39 is 0 Å². The number of hydrogen-bond donors (Lipinski definition) is 8. The summed E-state index contributed by atoms with van der Waals surface area (Å²) in [5, 5.41) is 29.1. The lowest BCUT2D eigenvalue weighted by Crippen LogP contribution is -2.67. The highest BCUT2D eigenvalue weighted by atomic mass is 32.1. The smallest absolute Gasteiger partial charge is 0.253 e. The highest BCUT2D eigenvalue weighted by Crippen LogP contribution is 2.12. The van der Waals surface area contributed by atoms with Gasteiger partial charge in [-0.05, 0) is 18.6 Å². The molecule has 3 fully saturated rings. The van der Waals surface area contributed by atoms with Gasteiger partial charge in [0, 0.05) is 109 Å². The van der Waals surface area contributed by atoms with Crippen molar-refractivity contribution in [1.29, 1.82) is 0 Å². The number of carbonyl (C=O) groups excluding carboxylic acids is 2. The Bertz CT molecular complexity index is 687. The third kappa shape index (κ3) is 9.37. The number of rotatable bonds is 5. The van der Waals surface area contributed by atoms with E-state index in [-0.39, 0.29) is 22.8 Å². The van der Waals surface area contributed by atoms with Gasteiger partial charge in [0.1, 0.15) is 0 Å². The maximum absolute atomic E-state index is 11.7. The molecule has 0 aromatic carbocycles. The number of imide groups is 1. The zero-order valence-corrected chi connectivity index (χ0v) is 21.7. The first-order valence-electron chi connectivity index (χ1n) is 12.8. The van der Waals surface area contributed by atoms with Gasteiger partial charge >= 0.3 is 0 Å². The first-order chi connectivity index (χ1) is 16.9. The first kappa shape index (κ1) is 27.9. The molecule has 0 spiro atoms. The van der Waals surface area contributed by atoms with E-state index in [9.17, 15) is 9.59 Å². The van der Waals surface area contributed by atoms with E-state index in [1.54, 1.807) is 0 Å². The van der Waals surface area contributed by atoms with Crippen molar-refractivity contribution in [2.24, 2.45) is 5.41 Å². The van der Waals surface area contributed by atoms with Crippen LogP contribution in [-0.2, 0) is 9.59 Å². The molecule has 35 heavy (non-hydrogen) atoms. The van der Waals surface area contributed by atoms with Gasteiger partial charge in [0.25, 0.3) is 11.8 Å². The molecule has 4 heterocycles. The molecular weight excluding hydrogens is 466 g/mol. The number of carbonyl (C=O) groups is 2. The van der Waals surface area contributed by atoms with E-state index in [4.69, 9.17) is 12.2 Å². The van der Waals surface area contributed by atoms with E-state index in [0.29, 0.717) is 24.6 Å². The fourth-order valence-electron chi connectivity index (χ4n) is 4.57. The average Bonchev–Trinajstić information content (AvgIpc) is 3.15. The zero-order valence-electron chi connectivity index (χ0n) is 20.9. The Kier molecular flexibility index (Phi) is 11.3. The highest BCUT2D eigenvalue weighted by Gasteiger charge is 2.31. The van der Waals surface area contributed by atoms with E-state index in [1.807, 2.05) is 0 Å². The van der Waals surface area contributed by atoms with Crippen molar-refractivity contribution < 1.29 is 9.59 Å². The monoisotopic (exact) mass is 509 g/mol. The number of nitrogens with zero attached hydrogens (tertiary/aromatic N) is 1. The Morgan fingerprint density at radius 3 is 1.71 bits per heavy atom. The predicted octanol–water partition coefficient (Wildman–Crippen LogP) is -2.92. The molecule has 0 aromatic heterocycles. The van der Waals surface area contributed by atoms with Crippen molar-refractivity contribution in [2.75, 3.05) is 91.6 Å². The summed E-state index contributed by atoms with van der Waals surface area (Å²) in [5.41, 5.74) is -0.166. The minimum Gasteiger partial charge on any atom is -0.363 e. The maximum Gasteiger partial charge on any atom is 0.253 e. The van der Waals surface area contributed by atoms with E-state index in [1.165, 1.54) is 17.1 Å². The van der Waals surface area contributed by atoms with Gasteiger partial charge in [0.15, 0.2) is 5.11 Å². The van der Waals surface area contributed by atoms with Gasteiger partial charge in [-0.25, -0.2) is 0 Å². The van der Waals surface area contributed by atoms with Gasteiger partial charge in [-0.15, -0.1) is 0 Å². The van der Waals surface area contributed by atoms with Crippen molar-refractivity contribution in [3.63, 3.8) is 0 Å². The number of fused-ring (bicyclic) bond motifs is 15. The van der Waals surface area contributed by atoms with Gasteiger partial charge in [-0.2, -0.15) is 0 Å². The molecule has 4 aliphatic rings. The van der Waals surface area contributed by atoms with E-state index in [2.05, 4.69) is 49.5 Å². The van der Waals surface area contributed by atoms with Crippen LogP contribution < -0.4 is 42.5 Å². The normalized spacial score (nSPS) is 29.6. The Balaban J connectivity index is 1.56. The Morgan fingerprint density at radius 2 is 1.26 bits per heavy atom. The molecule has 0 atom stereocenters. The van der Waals surface area contributed by atoms with Crippen molar-refractivity contribution in [3.05, 3.63) is 12.2 Å². The lowest BCUT2D eigenvalue weighted by molar-refractivity contribution is -0.136. The second kappa shape index (κ2) is 14.2. The first-order valence-corrected chi connectivity index (χ1v) is 13.2. The molecule has 198 valence electrons. The molecule has 0 saturated carbocycles. The fraction of sp³-hybridized carbons (Fsp3) is 0.783. The molecule has 2 bridgehead atoms. The molecule has 0 aliphatic carbocycles. The highest BCUT2D eigenvalue weighted by molar-refractivity contribution is 7.80. The van der Waals surface area contributed by atoms with Crippen molar-refractivity contribution in [1.82, 2.24) is 47.4 Å². The number of amides is 2. The molecule has 4 rings (SSSR count). The van der Waals surface area contributed by atoms with Crippen LogP contribution in [0.1, 0.15) is 13.3 Å². The largest absolute Gasteiger partial charge is 0.363 e. The van der Waals surface area contributed by atoms with Gasteiger partial charge in [-0.3, -0.25) is 14.5 Å². The minimum absolute atomic E-state index is 0.156. The summed E-state index contributed by atoms with van der Waals surface area (Å²) in [6, 6.07) is 0. The maximum atomic E-state index is 11.7. The zero-order chi connectivity index (χ0) is 25.0. The van der Waals surface area contributed by atoms with Gasteiger partial charge < -0.3 is 42.5 Å². The molecule has 3 saturated heterocycles. The standard InChI is InChI=1S/C23H43N9O2S/c1-22-13-24-6-9-27-16-23(17-28-10-7-25-14-22,18-29-11-8-26-15-22)31-21(35)30-5-2-12-32-19(33)3-4-20(32)34/h3-4,24-29H,2,5-18H2,1H3,(H2,30,31,35). The van der Waals surface area contributed by atoms with Crippen LogP contribution >= 0.6 is 12.2 Å². The SMILES string of the molecule is CC12CNCCNCC(NC(=S)NCCCN3C(=O)C=CC3=O)(CNCCNC1)CNCCNC2. The topological polar surface area (TPSA) is 134 Å². The van der Waals surface area contributed by atoms with Gasteiger partial charge in [0.05, 0.1) is 5.54 Å². The van der Waals surface area contributed by atoms with Crippen molar-refractivity contribution in [2.45, 2.75) is 18.9 Å². The summed E-state index contributed by atoms with van der Waals surface area (Å²) in [6.45, 7) is 13.7. The Labute approximate surface area is 214 Å². The van der Waals surface area contributed by atoms with Crippen LogP contribution in [0.2, 0.25) is 0 Å². The van der Waals surface area contributed by atoms with Crippen LogP contribution in [-0.4, -0.2) is 119 Å². The van der Waals surface area contributed by atoms with Crippen LogP contribution in [0.5, 0.6) is 0 Å². The second-order valence-corrected chi connectivity index (χ2v) is 10.5.